The zero-order chi connectivity index (χ0) is 25.5. The maximum absolute atomic E-state index is 13.1. The number of oxime groups is 1. The molecule has 1 amide bonds. The van der Waals surface area contributed by atoms with Gasteiger partial charge in [0.05, 0.1) is 5.71 Å². The molecule has 0 saturated carbocycles. The van der Waals surface area contributed by atoms with Gasteiger partial charge in [0, 0.05) is 37.8 Å². The number of hydrogen-bond acceptors (Lipinski definition) is 3. The maximum atomic E-state index is 13.1. The zero-order valence-corrected chi connectivity index (χ0v) is 21.7. The lowest BCUT2D eigenvalue weighted by Crippen LogP contribution is -2.49. The van der Waals surface area contributed by atoms with Crippen molar-refractivity contribution >= 4 is 11.6 Å². The minimum Gasteiger partial charge on any atom is -0.362 e. The molecule has 0 spiro atoms. The molecule has 0 aromatic heterocycles. The third kappa shape index (κ3) is 6.02. The van der Waals surface area contributed by atoms with Gasteiger partial charge in [-0.05, 0) is 55.4 Å². The van der Waals surface area contributed by atoms with Crippen LogP contribution in [0.2, 0.25) is 0 Å². The number of piperidine rings is 1. The van der Waals surface area contributed by atoms with Gasteiger partial charge in [0.1, 0.15) is 5.76 Å². The number of carbonyl (C=O) groups is 1. The summed E-state index contributed by atoms with van der Waals surface area (Å²) in [4.78, 5) is 21.0. The minimum absolute atomic E-state index is 0.198. The molecule has 4 nitrogen and oxygen atoms in total. The van der Waals surface area contributed by atoms with Crippen LogP contribution in [0, 0.1) is 6.92 Å². The summed E-state index contributed by atoms with van der Waals surface area (Å²) in [6, 6.07) is 29.6. The van der Waals surface area contributed by atoms with Crippen molar-refractivity contribution in [3.05, 3.63) is 119 Å². The van der Waals surface area contributed by atoms with Crippen LogP contribution in [0.5, 0.6) is 0 Å². The lowest BCUT2D eigenvalue weighted by Gasteiger charge is -2.43. The second-order valence-corrected chi connectivity index (χ2v) is 10.3. The standard InChI is InChI=1S/C33H36N2O2/c1-26-12-14-28(15-13-26)17-21-32(36)35-24-22-33(23-25-35,29-10-6-3-7-11-29)31-20-19-30(37-34-31)18-16-27-8-4-2-5-9-27/h2-15,19H,16-18,20-25H2,1H3. The second kappa shape index (κ2) is 11.6. The number of allylic oxidation sites excluding steroid dienone is 2. The number of carbonyl (C=O) groups excluding carboxylic acids is 1. The maximum Gasteiger partial charge on any atom is 0.222 e. The predicted molar refractivity (Wildman–Crippen MR) is 149 cm³/mol. The fourth-order valence-electron chi connectivity index (χ4n) is 5.54. The van der Waals surface area contributed by atoms with Gasteiger partial charge in [-0.1, -0.05) is 95.6 Å². The first-order valence-corrected chi connectivity index (χ1v) is 13.5. The molecule has 0 atom stereocenters. The Balaban J connectivity index is 1.22. The minimum atomic E-state index is -0.198. The van der Waals surface area contributed by atoms with Crippen LogP contribution < -0.4 is 0 Å². The smallest absolute Gasteiger partial charge is 0.222 e. The quantitative estimate of drug-likeness (QED) is 0.348. The summed E-state index contributed by atoms with van der Waals surface area (Å²) in [7, 11) is 0. The van der Waals surface area contributed by atoms with Gasteiger partial charge in [0.2, 0.25) is 5.91 Å². The number of likely N-dealkylation sites (tertiary alicyclic amines) is 1. The molecule has 0 bridgehead atoms. The van der Waals surface area contributed by atoms with Crippen molar-refractivity contribution in [3.63, 3.8) is 0 Å². The highest BCUT2D eigenvalue weighted by Gasteiger charge is 2.42. The monoisotopic (exact) mass is 492 g/mol. The molecule has 3 aromatic carbocycles. The van der Waals surface area contributed by atoms with Crippen molar-refractivity contribution in [2.24, 2.45) is 5.16 Å². The molecule has 0 N–H and O–H groups in total. The zero-order valence-electron chi connectivity index (χ0n) is 21.7. The topological polar surface area (TPSA) is 41.9 Å². The summed E-state index contributed by atoms with van der Waals surface area (Å²) < 4.78 is 0. The molecule has 2 aliphatic heterocycles. The molecule has 5 rings (SSSR count). The number of rotatable bonds is 8. The van der Waals surface area contributed by atoms with Crippen LogP contribution in [0.1, 0.15) is 54.4 Å². The van der Waals surface area contributed by atoms with Crippen molar-refractivity contribution in [1.29, 1.82) is 0 Å². The Morgan fingerprint density at radius 3 is 2.14 bits per heavy atom. The largest absolute Gasteiger partial charge is 0.362 e. The van der Waals surface area contributed by atoms with Crippen molar-refractivity contribution in [1.82, 2.24) is 4.90 Å². The Labute approximate surface area is 220 Å². The van der Waals surface area contributed by atoms with Gasteiger partial charge in [-0.3, -0.25) is 4.79 Å². The SMILES string of the molecule is Cc1ccc(CCC(=O)N2CCC(C3=NOC(CCc4ccccc4)=CC3)(c3ccccc3)CC2)cc1. The van der Waals surface area contributed by atoms with E-state index in [1.165, 1.54) is 22.3 Å². The van der Waals surface area contributed by atoms with E-state index in [2.05, 4.69) is 91.9 Å². The van der Waals surface area contributed by atoms with Crippen molar-refractivity contribution in [2.75, 3.05) is 13.1 Å². The first-order valence-electron chi connectivity index (χ1n) is 13.5. The van der Waals surface area contributed by atoms with Crippen LogP contribution in [0.4, 0.5) is 0 Å². The van der Waals surface area contributed by atoms with Crippen LogP contribution in [0.3, 0.4) is 0 Å². The fraction of sp³-hybridized carbons (Fsp3) is 0.333. The lowest BCUT2D eigenvalue weighted by atomic mass is 9.68. The highest BCUT2D eigenvalue weighted by Crippen LogP contribution is 2.40. The first-order chi connectivity index (χ1) is 18.1. The normalized spacial score (nSPS) is 16.9. The van der Waals surface area contributed by atoms with Crippen LogP contribution >= 0.6 is 0 Å². The number of benzene rings is 3. The Morgan fingerprint density at radius 2 is 1.49 bits per heavy atom. The number of aryl methyl sites for hydroxylation is 3. The Bertz CT molecular complexity index is 1240. The summed E-state index contributed by atoms with van der Waals surface area (Å²) in [5, 5.41) is 4.69. The van der Waals surface area contributed by atoms with E-state index in [0.29, 0.717) is 6.42 Å². The van der Waals surface area contributed by atoms with Crippen molar-refractivity contribution in [2.45, 2.75) is 57.3 Å². The highest BCUT2D eigenvalue weighted by atomic mass is 16.6. The average Bonchev–Trinajstić information content (AvgIpc) is 2.97. The molecule has 0 aliphatic carbocycles. The van der Waals surface area contributed by atoms with Crippen molar-refractivity contribution in [3.8, 4) is 0 Å². The van der Waals surface area contributed by atoms with E-state index in [1.807, 2.05) is 11.0 Å². The third-order valence-corrected chi connectivity index (χ3v) is 7.90. The molecule has 3 aromatic rings. The molecule has 4 heteroatoms. The fourth-order valence-corrected chi connectivity index (χ4v) is 5.54. The van der Waals surface area contributed by atoms with E-state index in [1.54, 1.807) is 0 Å². The summed E-state index contributed by atoms with van der Waals surface area (Å²) in [6.07, 6.45) is 7.86. The van der Waals surface area contributed by atoms with E-state index in [0.717, 1.165) is 63.1 Å². The van der Waals surface area contributed by atoms with E-state index in [9.17, 15) is 4.79 Å². The molecule has 2 aliphatic rings. The molecule has 2 heterocycles. The van der Waals surface area contributed by atoms with Gasteiger partial charge < -0.3 is 9.74 Å². The summed E-state index contributed by atoms with van der Waals surface area (Å²) in [6.45, 7) is 3.57. The van der Waals surface area contributed by atoms with E-state index >= 15 is 0 Å². The molecule has 37 heavy (non-hydrogen) atoms. The molecule has 1 saturated heterocycles. The highest BCUT2D eigenvalue weighted by molar-refractivity contribution is 5.96. The van der Waals surface area contributed by atoms with E-state index in [4.69, 9.17) is 9.99 Å². The number of amides is 1. The van der Waals surface area contributed by atoms with Gasteiger partial charge >= 0.3 is 0 Å². The van der Waals surface area contributed by atoms with Gasteiger partial charge in [0.25, 0.3) is 0 Å². The Morgan fingerprint density at radius 1 is 0.838 bits per heavy atom. The molecular weight excluding hydrogens is 456 g/mol. The Kier molecular flexibility index (Phi) is 7.84. The first kappa shape index (κ1) is 25.0. The molecule has 0 unspecified atom stereocenters. The van der Waals surface area contributed by atoms with Gasteiger partial charge in [-0.2, -0.15) is 0 Å². The summed E-state index contributed by atoms with van der Waals surface area (Å²) in [5.41, 5.74) is 5.92. The van der Waals surface area contributed by atoms with Crippen LogP contribution in [0.25, 0.3) is 0 Å². The Hall–Kier alpha value is -3.66. The lowest BCUT2D eigenvalue weighted by molar-refractivity contribution is -0.132. The molecular formula is C33H36N2O2. The van der Waals surface area contributed by atoms with Gasteiger partial charge in [0.15, 0.2) is 0 Å². The molecule has 190 valence electrons. The van der Waals surface area contributed by atoms with Crippen molar-refractivity contribution < 1.29 is 9.63 Å². The van der Waals surface area contributed by atoms with Crippen LogP contribution in [-0.2, 0) is 27.9 Å². The second-order valence-electron chi connectivity index (χ2n) is 10.3. The van der Waals surface area contributed by atoms with Gasteiger partial charge in [-0.15, -0.1) is 0 Å². The third-order valence-electron chi connectivity index (χ3n) is 7.90. The summed E-state index contributed by atoms with van der Waals surface area (Å²) in [5.74, 6) is 1.19. The summed E-state index contributed by atoms with van der Waals surface area (Å²) >= 11 is 0. The van der Waals surface area contributed by atoms with E-state index in [-0.39, 0.29) is 11.3 Å². The van der Waals surface area contributed by atoms with Gasteiger partial charge in [-0.25, -0.2) is 0 Å². The molecule has 0 radical (unpaired) electrons. The average molecular weight is 493 g/mol. The number of hydrogen-bond donors (Lipinski definition) is 0. The molecule has 1 fully saturated rings. The van der Waals surface area contributed by atoms with Crippen LogP contribution in [-0.4, -0.2) is 29.6 Å². The predicted octanol–water partition coefficient (Wildman–Crippen LogP) is 6.78. The number of nitrogens with zero attached hydrogens (tertiary/aromatic N) is 2. The van der Waals surface area contributed by atoms with Crippen LogP contribution in [0.15, 0.2) is 102 Å². The van der Waals surface area contributed by atoms with E-state index < -0.39 is 0 Å².